The van der Waals surface area contributed by atoms with E-state index in [-0.39, 0.29) is 0 Å². The van der Waals surface area contributed by atoms with Crippen LogP contribution in [0.5, 0.6) is 0 Å². The van der Waals surface area contributed by atoms with Gasteiger partial charge in [-0.15, -0.1) is 0 Å². The fourth-order valence-electron chi connectivity index (χ4n) is 1.38. The van der Waals surface area contributed by atoms with Crippen molar-refractivity contribution in [3.63, 3.8) is 0 Å². The summed E-state index contributed by atoms with van der Waals surface area (Å²) in [5.74, 6) is -0.958. The average molecular weight is 214 g/mol. The lowest BCUT2D eigenvalue weighted by atomic mass is 10.1. The zero-order valence-corrected chi connectivity index (χ0v) is 8.42. The summed E-state index contributed by atoms with van der Waals surface area (Å²) in [6.07, 6.45) is 7.89. The molecule has 2 rings (SSSR count). The van der Waals surface area contributed by atoms with Gasteiger partial charge in [0, 0.05) is 30.4 Å². The van der Waals surface area contributed by atoms with E-state index >= 15 is 0 Å². The molecule has 0 aromatic carbocycles. The van der Waals surface area contributed by atoms with Crippen molar-refractivity contribution in [3.8, 4) is 11.1 Å². The quantitative estimate of drug-likeness (QED) is 0.769. The largest absolute Gasteiger partial charge is 0.478 e. The summed E-state index contributed by atoms with van der Waals surface area (Å²) in [6, 6.07) is 5.68. The molecule has 0 bridgehead atoms. The number of carbonyl (C=O) groups is 1. The van der Waals surface area contributed by atoms with Gasteiger partial charge in [0.2, 0.25) is 0 Å². The third-order valence-corrected chi connectivity index (χ3v) is 2.12. The highest BCUT2D eigenvalue weighted by Gasteiger charge is 1.99. The molecule has 0 radical (unpaired) electrons. The molecule has 0 aliphatic carbocycles. The molecule has 0 atom stereocenters. The molecule has 4 heteroatoms. The number of rotatable bonds is 3. The number of nitrogens with zero attached hydrogens (tertiary/aromatic N) is 1. The third-order valence-electron chi connectivity index (χ3n) is 2.12. The minimum atomic E-state index is -0.958. The summed E-state index contributed by atoms with van der Waals surface area (Å²) in [7, 11) is 0. The fraction of sp³-hybridized carbons (Fsp3) is 0. The first kappa shape index (κ1) is 10.2. The smallest absolute Gasteiger partial charge is 0.328 e. The lowest BCUT2D eigenvalue weighted by molar-refractivity contribution is -0.131. The molecular formula is C12H10N2O2. The van der Waals surface area contributed by atoms with Gasteiger partial charge in [-0.1, -0.05) is 0 Å². The second-order valence-electron chi connectivity index (χ2n) is 3.25. The summed E-state index contributed by atoms with van der Waals surface area (Å²) in [5, 5.41) is 8.49. The Morgan fingerprint density at radius 1 is 1.31 bits per heavy atom. The predicted octanol–water partition coefficient (Wildman–Crippen LogP) is 2.17. The van der Waals surface area contributed by atoms with Crippen molar-refractivity contribution in [1.82, 2.24) is 9.97 Å². The van der Waals surface area contributed by atoms with E-state index in [1.54, 1.807) is 12.4 Å². The molecule has 0 aliphatic rings. The molecule has 0 amide bonds. The number of carboxylic acids is 1. The Hall–Kier alpha value is -2.36. The Bertz CT molecular complexity index is 515. The van der Waals surface area contributed by atoms with Crippen LogP contribution in [0.2, 0.25) is 0 Å². The van der Waals surface area contributed by atoms with Crippen molar-refractivity contribution in [2.24, 2.45) is 0 Å². The second kappa shape index (κ2) is 4.44. The molecule has 2 aromatic rings. The number of pyridine rings is 1. The normalized spacial score (nSPS) is 10.8. The highest BCUT2D eigenvalue weighted by Crippen LogP contribution is 2.19. The van der Waals surface area contributed by atoms with Crippen LogP contribution in [0, 0.1) is 0 Å². The molecule has 2 N–H and O–H groups in total. The van der Waals surface area contributed by atoms with Gasteiger partial charge >= 0.3 is 5.97 Å². The Morgan fingerprint density at radius 2 is 2.06 bits per heavy atom. The van der Waals surface area contributed by atoms with Crippen LogP contribution in [0.4, 0.5) is 0 Å². The van der Waals surface area contributed by atoms with Gasteiger partial charge in [-0.2, -0.15) is 0 Å². The maximum absolute atomic E-state index is 10.3. The van der Waals surface area contributed by atoms with Crippen molar-refractivity contribution >= 4 is 12.0 Å². The van der Waals surface area contributed by atoms with Crippen molar-refractivity contribution in [3.05, 3.63) is 48.6 Å². The molecule has 0 saturated carbocycles. The number of H-pyrrole nitrogens is 1. The van der Waals surface area contributed by atoms with E-state index in [1.807, 2.05) is 24.4 Å². The van der Waals surface area contributed by atoms with E-state index < -0.39 is 5.97 Å². The van der Waals surface area contributed by atoms with Crippen LogP contribution in [0.15, 0.2) is 42.9 Å². The van der Waals surface area contributed by atoms with Crippen LogP contribution in [-0.2, 0) is 4.79 Å². The van der Waals surface area contributed by atoms with Crippen LogP contribution in [0.25, 0.3) is 17.2 Å². The van der Waals surface area contributed by atoms with Gasteiger partial charge in [-0.25, -0.2) is 4.79 Å². The first-order valence-electron chi connectivity index (χ1n) is 4.75. The average Bonchev–Trinajstić information content (AvgIpc) is 2.76. The zero-order valence-electron chi connectivity index (χ0n) is 8.42. The maximum atomic E-state index is 10.3. The number of aromatic amines is 1. The minimum Gasteiger partial charge on any atom is -0.478 e. The van der Waals surface area contributed by atoms with E-state index in [4.69, 9.17) is 5.11 Å². The second-order valence-corrected chi connectivity index (χ2v) is 3.25. The van der Waals surface area contributed by atoms with E-state index in [0.717, 1.165) is 22.9 Å². The standard InChI is InChI=1S/C12H10N2O2/c15-12(16)2-1-11-7-10(8-14-11)9-3-5-13-6-4-9/h1-8,14H,(H,15,16). The van der Waals surface area contributed by atoms with E-state index in [1.165, 1.54) is 6.08 Å². The van der Waals surface area contributed by atoms with Crippen molar-refractivity contribution in [2.45, 2.75) is 0 Å². The van der Waals surface area contributed by atoms with Gasteiger partial charge in [0.1, 0.15) is 0 Å². The van der Waals surface area contributed by atoms with Crippen LogP contribution in [0.1, 0.15) is 5.69 Å². The number of aliphatic carboxylic acids is 1. The Morgan fingerprint density at radius 3 is 2.75 bits per heavy atom. The van der Waals surface area contributed by atoms with Crippen molar-refractivity contribution in [1.29, 1.82) is 0 Å². The summed E-state index contributed by atoms with van der Waals surface area (Å²) in [4.78, 5) is 17.3. The summed E-state index contributed by atoms with van der Waals surface area (Å²) in [6.45, 7) is 0. The van der Waals surface area contributed by atoms with Crippen molar-refractivity contribution in [2.75, 3.05) is 0 Å². The van der Waals surface area contributed by atoms with Crippen molar-refractivity contribution < 1.29 is 9.90 Å². The molecule has 0 spiro atoms. The number of hydrogen-bond acceptors (Lipinski definition) is 2. The van der Waals surface area contributed by atoms with E-state index in [2.05, 4.69) is 9.97 Å². The third kappa shape index (κ3) is 2.36. The maximum Gasteiger partial charge on any atom is 0.328 e. The van der Waals surface area contributed by atoms with Crippen LogP contribution in [-0.4, -0.2) is 21.0 Å². The van der Waals surface area contributed by atoms with E-state index in [9.17, 15) is 4.79 Å². The van der Waals surface area contributed by atoms with Crippen LogP contribution in [0.3, 0.4) is 0 Å². The van der Waals surface area contributed by atoms with Crippen LogP contribution >= 0.6 is 0 Å². The summed E-state index contributed by atoms with van der Waals surface area (Å²) < 4.78 is 0. The number of nitrogens with one attached hydrogen (secondary N) is 1. The molecule has 0 aliphatic heterocycles. The molecule has 0 fully saturated rings. The Balaban J connectivity index is 2.23. The monoisotopic (exact) mass is 214 g/mol. The lowest BCUT2D eigenvalue weighted by Gasteiger charge is -1.93. The topological polar surface area (TPSA) is 66.0 Å². The number of aromatic nitrogens is 2. The zero-order chi connectivity index (χ0) is 11.4. The summed E-state index contributed by atoms with van der Waals surface area (Å²) >= 11 is 0. The molecule has 2 aromatic heterocycles. The molecule has 2 heterocycles. The fourth-order valence-corrected chi connectivity index (χ4v) is 1.38. The number of hydrogen-bond donors (Lipinski definition) is 2. The molecule has 4 nitrogen and oxygen atoms in total. The molecule has 80 valence electrons. The first-order chi connectivity index (χ1) is 7.75. The number of carboxylic acid groups (broad SMARTS) is 1. The summed E-state index contributed by atoms with van der Waals surface area (Å²) in [5.41, 5.74) is 2.81. The van der Waals surface area contributed by atoms with Crippen LogP contribution < -0.4 is 0 Å². The van der Waals surface area contributed by atoms with Gasteiger partial charge in [0.25, 0.3) is 0 Å². The first-order valence-corrected chi connectivity index (χ1v) is 4.75. The highest BCUT2D eigenvalue weighted by molar-refractivity contribution is 5.85. The Kier molecular flexibility index (Phi) is 2.82. The molecule has 0 unspecified atom stereocenters. The molecule has 16 heavy (non-hydrogen) atoms. The molecular weight excluding hydrogens is 204 g/mol. The van der Waals surface area contributed by atoms with Gasteiger partial charge in [-0.05, 0) is 35.4 Å². The SMILES string of the molecule is O=C(O)C=Cc1cc(-c2ccncc2)c[nH]1. The van der Waals surface area contributed by atoms with E-state index in [0.29, 0.717) is 0 Å². The predicted molar refractivity (Wildman–Crippen MR) is 60.7 cm³/mol. The van der Waals surface area contributed by atoms with Gasteiger partial charge < -0.3 is 10.1 Å². The van der Waals surface area contributed by atoms with Gasteiger partial charge in [0.05, 0.1) is 0 Å². The molecule has 0 saturated heterocycles. The Labute approximate surface area is 92.3 Å². The van der Waals surface area contributed by atoms with Gasteiger partial charge in [0.15, 0.2) is 0 Å². The lowest BCUT2D eigenvalue weighted by Crippen LogP contribution is -1.85. The van der Waals surface area contributed by atoms with Gasteiger partial charge in [-0.3, -0.25) is 4.98 Å². The highest BCUT2D eigenvalue weighted by atomic mass is 16.4. The minimum absolute atomic E-state index is 0.759.